The molecule has 176 valence electrons. The average Bonchev–Trinajstić information content (AvgIpc) is 2.76. The molecule has 0 aliphatic heterocycles. The van der Waals surface area contributed by atoms with E-state index in [2.05, 4.69) is 37.4 Å². The topological polar surface area (TPSA) is 109 Å². The van der Waals surface area contributed by atoms with Crippen molar-refractivity contribution in [3.63, 3.8) is 0 Å². The molecule has 0 aliphatic rings. The number of amides is 3. The summed E-state index contributed by atoms with van der Waals surface area (Å²) in [7, 11) is 0. The third-order valence-corrected chi connectivity index (χ3v) is 4.91. The van der Waals surface area contributed by atoms with Gasteiger partial charge in [-0.25, -0.2) is 0 Å². The first kappa shape index (κ1) is 26.3. The van der Waals surface area contributed by atoms with Gasteiger partial charge >= 0.3 is 0 Å². The lowest BCUT2D eigenvalue weighted by atomic mass is 10.1. The van der Waals surface area contributed by atoms with Crippen LogP contribution in [0.5, 0.6) is 5.75 Å². The monoisotopic (exact) mass is 534 g/mol. The number of hydrazine groups is 1. The molecule has 0 fully saturated rings. The van der Waals surface area contributed by atoms with E-state index in [-0.39, 0.29) is 16.9 Å². The van der Waals surface area contributed by atoms with Gasteiger partial charge in [0.15, 0.2) is 5.11 Å². The lowest BCUT2D eigenvalue weighted by Gasteiger charge is -2.15. The van der Waals surface area contributed by atoms with Gasteiger partial charge in [-0.2, -0.15) is 0 Å². The molecule has 0 bridgehead atoms. The number of halogens is 1. The highest BCUT2D eigenvalue weighted by molar-refractivity contribution is 9.10. The highest BCUT2D eigenvalue weighted by atomic mass is 79.9. The molecule has 0 unspecified atom stereocenters. The van der Waals surface area contributed by atoms with Crippen molar-refractivity contribution in [2.45, 2.75) is 27.7 Å². The predicted molar refractivity (Wildman–Crippen MR) is 135 cm³/mol. The summed E-state index contributed by atoms with van der Waals surface area (Å²) in [6, 6.07) is 11.5. The Morgan fingerprint density at radius 1 is 0.970 bits per heavy atom. The van der Waals surface area contributed by atoms with Crippen LogP contribution in [-0.2, 0) is 4.79 Å². The number of nitrogens with one attached hydrogen (secondary N) is 4. The Morgan fingerprint density at radius 3 is 2.24 bits per heavy atom. The first-order valence-electron chi connectivity index (χ1n) is 10.3. The second kappa shape index (κ2) is 12.3. The first-order valence-corrected chi connectivity index (χ1v) is 11.5. The molecule has 2 aromatic rings. The fraction of sp³-hybridized carbons (Fsp3) is 0.304. The van der Waals surface area contributed by atoms with Gasteiger partial charge in [-0.15, -0.1) is 0 Å². The van der Waals surface area contributed by atoms with E-state index in [0.717, 1.165) is 0 Å². The van der Waals surface area contributed by atoms with Gasteiger partial charge in [0.05, 0.1) is 12.2 Å². The molecule has 3 amide bonds. The molecule has 0 radical (unpaired) electrons. The van der Waals surface area contributed by atoms with Gasteiger partial charge in [-0.1, -0.05) is 43.6 Å². The number of carbonyl (C=O) groups excluding carboxylic acids is 3. The van der Waals surface area contributed by atoms with Gasteiger partial charge in [0.2, 0.25) is 5.91 Å². The van der Waals surface area contributed by atoms with E-state index in [0.29, 0.717) is 39.6 Å². The highest BCUT2D eigenvalue weighted by Crippen LogP contribution is 2.23. The van der Waals surface area contributed by atoms with Crippen LogP contribution in [0.25, 0.3) is 0 Å². The van der Waals surface area contributed by atoms with Gasteiger partial charge in [0.25, 0.3) is 11.8 Å². The molecule has 0 spiro atoms. The summed E-state index contributed by atoms with van der Waals surface area (Å²) in [5.74, 6) is -0.478. The second-order valence-corrected chi connectivity index (χ2v) is 9.25. The zero-order valence-electron chi connectivity index (χ0n) is 18.8. The zero-order chi connectivity index (χ0) is 24.5. The normalized spacial score (nSPS) is 10.5. The van der Waals surface area contributed by atoms with Gasteiger partial charge in [0.1, 0.15) is 5.75 Å². The Bertz CT molecular complexity index is 1030. The van der Waals surface area contributed by atoms with Crippen LogP contribution in [0.1, 0.15) is 48.4 Å². The van der Waals surface area contributed by atoms with Crippen LogP contribution >= 0.6 is 28.1 Å². The van der Waals surface area contributed by atoms with Gasteiger partial charge in [0, 0.05) is 21.6 Å². The SMILES string of the molecule is CC(C)COc1ccc(Br)cc1C(=O)NC(=S)NNC(=O)c1ccc(NC(=O)C(C)C)cc1. The Kier molecular flexibility index (Phi) is 9.80. The molecule has 33 heavy (non-hydrogen) atoms. The summed E-state index contributed by atoms with van der Waals surface area (Å²) in [4.78, 5) is 36.8. The molecule has 4 N–H and O–H groups in total. The average molecular weight is 535 g/mol. The van der Waals surface area contributed by atoms with E-state index < -0.39 is 11.8 Å². The maximum Gasteiger partial charge on any atom is 0.269 e. The predicted octanol–water partition coefficient (Wildman–Crippen LogP) is 4.03. The van der Waals surface area contributed by atoms with Crippen molar-refractivity contribution in [3.8, 4) is 5.75 Å². The smallest absolute Gasteiger partial charge is 0.269 e. The molecule has 0 saturated carbocycles. The number of ether oxygens (including phenoxy) is 1. The Morgan fingerprint density at radius 2 is 1.64 bits per heavy atom. The van der Waals surface area contributed by atoms with Gasteiger partial charge in [-0.3, -0.25) is 30.6 Å². The van der Waals surface area contributed by atoms with Crippen molar-refractivity contribution >= 4 is 56.7 Å². The van der Waals surface area contributed by atoms with Crippen molar-refractivity contribution in [2.75, 3.05) is 11.9 Å². The lowest BCUT2D eigenvalue weighted by Crippen LogP contribution is -2.48. The largest absolute Gasteiger partial charge is 0.492 e. The van der Waals surface area contributed by atoms with Gasteiger partial charge in [-0.05, 0) is 60.6 Å². The summed E-state index contributed by atoms with van der Waals surface area (Å²) >= 11 is 8.46. The number of hydrogen-bond acceptors (Lipinski definition) is 5. The maximum absolute atomic E-state index is 12.7. The second-order valence-electron chi connectivity index (χ2n) is 7.93. The van der Waals surface area contributed by atoms with Crippen LogP contribution < -0.4 is 26.2 Å². The van der Waals surface area contributed by atoms with E-state index in [1.165, 1.54) is 0 Å². The van der Waals surface area contributed by atoms with Crippen LogP contribution in [0, 0.1) is 11.8 Å². The molecule has 2 aromatic carbocycles. The maximum atomic E-state index is 12.7. The van der Waals surface area contributed by atoms with E-state index in [1.54, 1.807) is 56.3 Å². The summed E-state index contributed by atoms with van der Waals surface area (Å²) in [6.07, 6.45) is 0. The van der Waals surface area contributed by atoms with Crippen molar-refractivity contribution in [2.24, 2.45) is 11.8 Å². The lowest BCUT2D eigenvalue weighted by molar-refractivity contribution is -0.118. The molecule has 0 saturated heterocycles. The molecule has 0 atom stereocenters. The van der Waals surface area contributed by atoms with Crippen molar-refractivity contribution in [1.29, 1.82) is 0 Å². The molecule has 8 nitrogen and oxygen atoms in total. The molecule has 2 rings (SSSR count). The van der Waals surface area contributed by atoms with E-state index in [1.807, 2.05) is 13.8 Å². The van der Waals surface area contributed by atoms with Crippen LogP contribution in [0.4, 0.5) is 5.69 Å². The highest BCUT2D eigenvalue weighted by Gasteiger charge is 2.16. The minimum absolute atomic E-state index is 0.0797. The quantitative estimate of drug-likeness (QED) is 0.315. The van der Waals surface area contributed by atoms with Crippen molar-refractivity contribution in [3.05, 3.63) is 58.1 Å². The zero-order valence-corrected chi connectivity index (χ0v) is 21.2. The van der Waals surface area contributed by atoms with Crippen LogP contribution in [0.15, 0.2) is 46.9 Å². The van der Waals surface area contributed by atoms with E-state index >= 15 is 0 Å². The number of rotatable bonds is 7. The number of carbonyl (C=O) groups is 3. The van der Waals surface area contributed by atoms with E-state index in [9.17, 15) is 14.4 Å². The fourth-order valence-electron chi connectivity index (χ4n) is 2.44. The first-order chi connectivity index (χ1) is 15.6. The summed E-state index contributed by atoms with van der Waals surface area (Å²) < 4.78 is 6.43. The van der Waals surface area contributed by atoms with Crippen LogP contribution in [-0.4, -0.2) is 29.4 Å². The minimum atomic E-state index is -0.480. The molecule has 0 heterocycles. The molecule has 0 aromatic heterocycles. The third-order valence-electron chi connectivity index (χ3n) is 4.21. The summed E-state index contributed by atoms with van der Waals surface area (Å²) in [5.41, 5.74) is 6.17. The molecular formula is C23H27BrN4O4S. The summed E-state index contributed by atoms with van der Waals surface area (Å²) in [6.45, 7) is 8.06. The number of hydrogen-bond donors (Lipinski definition) is 4. The third kappa shape index (κ3) is 8.47. The fourth-order valence-corrected chi connectivity index (χ4v) is 2.95. The Balaban J connectivity index is 1.92. The van der Waals surface area contributed by atoms with Crippen molar-refractivity contribution in [1.82, 2.24) is 16.2 Å². The van der Waals surface area contributed by atoms with E-state index in [4.69, 9.17) is 17.0 Å². The van der Waals surface area contributed by atoms with Crippen molar-refractivity contribution < 1.29 is 19.1 Å². The molecule has 0 aliphatic carbocycles. The van der Waals surface area contributed by atoms with Crippen LogP contribution in [0.3, 0.4) is 0 Å². The molecular weight excluding hydrogens is 508 g/mol. The number of thiocarbonyl (C=S) groups is 1. The molecule has 10 heteroatoms. The van der Waals surface area contributed by atoms with Crippen LogP contribution in [0.2, 0.25) is 0 Å². The Hall–Kier alpha value is -2.98. The number of anilines is 1. The summed E-state index contributed by atoms with van der Waals surface area (Å²) in [5, 5.41) is 5.19. The Labute approximate surface area is 206 Å². The van der Waals surface area contributed by atoms with Gasteiger partial charge < -0.3 is 10.1 Å². The standard InChI is InChI=1S/C23H27BrN4O4S/c1-13(2)12-32-19-10-7-16(24)11-18(19)22(31)26-23(33)28-27-21(30)15-5-8-17(9-6-15)25-20(29)14(3)4/h5-11,13-14H,12H2,1-4H3,(H,25,29)(H,27,30)(H2,26,28,31,33). The minimum Gasteiger partial charge on any atom is -0.492 e. The number of benzene rings is 2.